The first-order valence-corrected chi connectivity index (χ1v) is 8.69. The number of hydrogen-bond donors (Lipinski definition) is 2. The van der Waals surface area contributed by atoms with Gasteiger partial charge in [0.05, 0.1) is 9.75 Å². The molecule has 0 unspecified atom stereocenters. The van der Waals surface area contributed by atoms with Crippen LogP contribution in [0, 0.1) is 0 Å². The second-order valence-electron chi connectivity index (χ2n) is 5.01. The fourth-order valence-electron chi connectivity index (χ4n) is 2.42. The summed E-state index contributed by atoms with van der Waals surface area (Å²) in [6.07, 6.45) is 5.78. The Labute approximate surface area is 131 Å². The number of rotatable bonds is 2. The zero-order valence-corrected chi connectivity index (χ0v) is 13.1. The van der Waals surface area contributed by atoms with Gasteiger partial charge in [0, 0.05) is 4.88 Å². The highest BCUT2D eigenvalue weighted by Gasteiger charge is 2.17. The molecule has 6 heteroatoms. The Morgan fingerprint density at radius 1 is 1.00 bits per heavy atom. The van der Waals surface area contributed by atoms with Crippen LogP contribution in [0.25, 0.3) is 0 Å². The van der Waals surface area contributed by atoms with Crippen LogP contribution in [-0.4, -0.2) is 11.8 Å². The predicted molar refractivity (Wildman–Crippen MR) is 84.8 cm³/mol. The molecule has 0 bridgehead atoms. The number of thiophene rings is 2. The van der Waals surface area contributed by atoms with Gasteiger partial charge in [-0.05, 0) is 48.8 Å². The first-order chi connectivity index (χ1) is 10.2. The molecule has 4 nitrogen and oxygen atoms in total. The van der Waals surface area contributed by atoms with Gasteiger partial charge in [0.1, 0.15) is 0 Å². The molecule has 1 aliphatic carbocycles. The Bertz CT molecular complexity index is 623. The Hall–Kier alpha value is -1.66. The first-order valence-electron chi connectivity index (χ1n) is 7.00. The monoisotopic (exact) mass is 320 g/mol. The molecule has 21 heavy (non-hydrogen) atoms. The first kappa shape index (κ1) is 14.3. The van der Waals surface area contributed by atoms with E-state index in [0.29, 0.717) is 9.75 Å². The molecule has 0 aliphatic heterocycles. The summed E-state index contributed by atoms with van der Waals surface area (Å²) in [5, 5.41) is 1.83. The van der Waals surface area contributed by atoms with Crippen molar-refractivity contribution in [3.05, 3.63) is 43.8 Å². The highest BCUT2D eigenvalue weighted by atomic mass is 32.1. The summed E-state index contributed by atoms with van der Waals surface area (Å²) < 4.78 is 0. The number of hydrazine groups is 1. The average molecular weight is 320 g/mol. The standard InChI is InChI=1S/C15H16N2O2S2/c18-14(12-7-4-8-20-12)16-17-15(19)13-9-10-5-2-1-3-6-11(10)21-13/h4,7-9H,1-3,5-6H2,(H,16,18)(H,17,19). The van der Waals surface area contributed by atoms with E-state index in [0.717, 1.165) is 12.8 Å². The smallest absolute Gasteiger partial charge is 0.266 e. The summed E-state index contributed by atoms with van der Waals surface area (Å²) in [4.78, 5) is 26.5. The van der Waals surface area contributed by atoms with Crippen molar-refractivity contribution in [2.75, 3.05) is 0 Å². The summed E-state index contributed by atoms with van der Waals surface area (Å²) in [7, 11) is 0. The van der Waals surface area contributed by atoms with E-state index < -0.39 is 0 Å². The van der Waals surface area contributed by atoms with Gasteiger partial charge in [-0.3, -0.25) is 20.4 Å². The van der Waals surface area contributed by atoms with Gasteiger partial charge in [0.25, 0.3) is 11.8 Å². The molecular formula is C15H16N2O2S2. The number of hydrogen-bond acceptors (Lipinski definition) is 4. The normalized spacial score (nSPS) is 14.1. The predicted octanol–water partition coefficient (Wildman–Crippen LogP) is 3.15. The van der Waals surface area contributed by atoms with E-state index in [4.69, 9.17) is 0 Å². The van der Waals surface area contributed by atoms with Gasteiger partial charge in [-0.25, -0.2) is 0 Å². The molecule has 2 amide bonds. The highest BCUT2D eigenvalue weighted by Crippen LogP contribution is 2.28. The van der Waals surface area contributed by atoms with Crippen LogP contribution in [-0.2, 0) is 12.8 Å². The van der Waals surface area contributed by atoms with Crippen molar-refractivity contribution >= 4 is 34.5 Å². The molecule has 0 spiro atoms. The van der Waals surface area contributed by atoms with Gasteiger partial charge < -0.3 is 0 Å². The second-order valence-corrected chi connectivity index (χ2v) is 7.09. The van der Waals surface area contributed by atoms with Gasteiger partial charge in [-0.15, -0.1) is 22.7 Å². The van der Waals surface area contributed by atoms with Crippen LogP contribution in [0.5, 0.6) is 0 Å². The number of fused-ring (bicyclic) bond motifs is 1. The lowest BCUT2D eigenvalue weighted by atomic mass is 10.1. The van der Waals surface area contributed by atoms with Crippen LogP contribution in [0.4, 0.5) is 0 Å². The Morgan fingerprint density at radius 3 is 2.52 bits per heavy atom. The van der Waals surface area contributed by atoms with Crippen molar-refractivity contribution in [2.45, 2.75) is 32.1 Å². The van der Waals surface area contributed by atoms with Gasteiger partial charge in [0.2, 0.25) is 0 Å². The van der Waals surface area contributed by atoms with Crippen molar-refractivity contribution in [1.82, 2.24) is 10.9 Å². The quantitative estimate of drug-likeness (QED) is 0.659. The van der Waals surface area contributed by atoms with Crippen LogP contribution >= 0.6 is 22.7 Å². The molecule has 2 aromatic rings. The van der Waals surface area contributed by atoms with Crippen LogP contribution in [0.2, 0.25) is 0 Å². The minimum Gasteiger partial charge on any atom is -0.266 e. The fraction of sp³-hybridized carbons (Fsp3) is 0.333. The second kappa shape index (κ2) is 6.41. The number of aryl methyl sites for hydroxylation is 2. The van der Waals surface area contributed by atoms with E-state index in [1.165, 1.54) is 41.0 Å². The third-order valence-corrected chi connectivity index (χ3v) is 5.61. The fourth-order valence-corrected chi connectivity index (χ4v) is 4.19. The molecule has 0 fully saturated rings. The van der Waals surface area contributed by atoms with Gasteiger partial charge in [0.15, 0.2) is 0 Å². The molecule has 3 rings (SSSR count). The molecule has 0 atom stereocenters. The van der Waals surface area contributed by atoms with Crippen LogP contribution in [0.15, 0.2) is 23.6 Å². The molecule has 0 saturated heterocycles. The summed E-state index contributed by atoms with van der Waals surface area (Å²) in [6, 6.07) is 5.50. The molecular weight excluding hydrogens is 304 g/mol. The van der Waals surface area contributed by atoms with Crippen LogP contribution in [0.3, 0.4) is 0 Å². The molecule has 0 aromatic carbocycles. The zero-order valence-electron chi connectivity index (χ0n) is 11.5. The molecule has 2 N–H and O–H groups in total. The zero-order chi connectivity index (χ0) is 14.7. The van der Waals surface area contributed by atoms with Crippen LogP contribution < -0.4 is 10.9 Å². The van der Waals surface area contributed by atoms with Crippen molar-refractivity contribution in [3.63, 3.8) is 0 Å². The molecule has 1 aliphatic rings. The maximum absolute atomic E-state index is 12.1. The third-order valence-electron chi connectivity index (χ3n) is 3.50. The lowest BCUT2D eigenvalue weighted by molar-refractivity contribution is 0.0851. The Balaban J connectivity index is 1.62. The van der Waals surface area contributed by atoms with E-state index in [-0.39, 0.29) is 11.8 Å². The van der Waals surface area contributed by atoms with Crippen molar-refractivity contribution < 1.29 is 9.59 Å². The van der Waals surface area contributed by atoms with Crippen molar-refractivity contribution in [1.29, 1.82) is 0 Å². The van der Waals surface area contributed by atoms with E-state index in [1.807, 2.05) is 11.4 Å². The highest BCUT2D eigenvalue weighted by molar-refractivity contribution is 7.14. The molecule has 110 valence electrons. The molecule has 2 heterocycles. The summed E-state index contributed by atoms with van der Waals surface area (Å²) in [6.45, 7) is 0. The number of carbonyl (C=O) groups excluding carboxylic acids is 2. The largest absolute Gasteiger partial charge is 0.279 e. The Morgan fingerprint density at radius 2 is 1.76 bits per heavy atom. The topological polar surface area (TPSA) is 58.2 Å². The summed E-state index contributed by atoms with van der Waals surface area (Å²) >= 11 is 2.89. The van der Waals surface area contributed by atoms with Gasteiger partial charge in [-0.1, -0.05) is 12.5 Å². The SMILES string of the molecule is O=C(NNC(=O)c1cc2c(s1)CCCCC2)c1cccs1. The van der Waals surface area contributed by atoms with E-state index in [1.54, 1.807) is 23.5 Å². The van der Waals surface area contributed by atoms with Gasteiger partial charge in [-0.2, -0.15) is 0 Å². The average Bonchev–Trinajstić information content (AvgIpc) is 3.11. The minimum absolute atomic E-state index is 0.238. The summed E-state index contributed by atoms with van der Waals surface area (Å²) in [5.74, 6) is -0.519. The lowest BCUT2D eigenvalue weighted by Gasteiger charge is -2.04. The van der Waals surface area contributed by atoms with Crippen molar-refractivity contribution in [3.8, 4) is 0 Å². The van der Waals surface area contributed by atoms with E-state index in [2.05, 4.69) is 10.9 Å². The van der Waals surface area contributed by atoms with Crippen LogP contribution in [0.1, 0.15) is 49.0 Å². The summed E-state index contributed by atoms with van der Waals surface area (Å²) in [5.41, 5.74) is 6.24. The number of nitrogens with one attached hydrogen (secondary N) is 2. The van der Waals surface area contributed by atoms with Crippen molar-refractivity contribution in [2.24, 2.45) is 0 Å². The lowest BCUT2D eigenvalue weighted by Crippen LogP contribution is -2.41. The number of carbonyl (C=O) groups is 2. The third kappa shape index (κ3) is 3.33. The van der Waals surface area contributed by atoms with E-state index in [9.17, 15) is 9.59 Å². The molecule has 2 aromatic heterocycles. The van der Waals surface area contributed by atoms with Gasteiger partial charge >= 0.3 is 0 Å². The Kier molecular flexibility index (Phi) is 4.36. The maximum atomic E-state index is 12.1. The number of amides is 2. The van der Waals surface area contributed by atoms with E-state index >= 15 is 0 Å². The minimum atomic E-state index is -0.281. The molecule has 0 radical (unpaired) electrons. The molecule has 0 saturated carbocycles. The maximum Gasteiger partial charge on any atom is 0.279 e.